The molecule has 3 aromatic rings. The van der Waals surface area contributed by atoms with Gasteiger partial charge >= 0.3 is 0 Å². The normalized spacial score (nSPS) is 25.0. The van der Waals surface area contributed by atoms with Gasteiger partial charge in [0.15, 0.2) is 0 Å². The lowest BCUT2D eigenvalue weighted by Crippen LogP contribution is -2.74. The number of anilines is 1. The Morgan fingerprint density at radius 3 is 2.16 bits per heavy atom. The summed E-state index contributed by atoms with van der Waals surface area (Å²) in [5.41, 5.74) is 3.99. The average Bonchev–Trinajstić information content (AvgIpc) is 3.49. The third-order valence-electron chi connectivity index (χ3n) is 14.5. The minimum atomic E-state index is -1.01. The maximum atomic E-state index is 13.6. The van der Waals surface area contributed by atoms with Crippen LogP contribution in [-0.4, -0.2) is 110 Å². The first kappa shape index (κ1) is 44.8. The van der Waals surface area contributed by atoms with E-state index in [1.165, 1.54) is 0 Å². The molecular formula is C50H60N6O8. The van der Waals surface area contributed by atoms with Crippen molar-refractivity contribution in [1.82, 2.24) is 20.4 Å². The van der Waals surface area contributed by atoms with Crippen molar-refractivity contribution in [1.29, 1.82) is 5.26 Å². The second-order valence-corrected chi connectivity index (χ2v) is 19.6. The molecule has 1 unspecified atom stereocenters. The van der Waals surface area contributed by atoms with Gasteiger partial charge in [-0.2, -0.15) is 5.26 Å². The number of piperidine rings is 2. The van der Waals surface area contributed by atoms with Crippen molar-refractivity contribution in [3.8, 4) is 17.6 Å². The smallest absolute Gasteiger partial charge is 0.262 e. The second-order valence-electron chi connectivity index (χ2n) is 19.6. The number of aryl methyl sites for hydroxylation is 2. The lowest BCUT2D eigenvalue weighted by molar-refractivity contribution is -0.164. The number of methoxy groups -OCH3 is 1. The van der Waals surface area contributed by atoms with Gasteiger partial charge in [0, 0.05) is 86.7 Å². The zero-order valence-corrected chi connectivity index (χ0v) is 38.0. The first-order valence-electron chi connectivity index (χ1n) is 22.6. The fourth-order valence-electron chi connectivity index (χ4n) is 11.1. The number of fused-ring (bicyclic) bond motifs is 1. The zero-order valence-electron chi connectivity index (χ0n) is 38.0. The van der Waals surface area contributed by atoms with Crippen molar-refractivity contribution in [2.75, 3.05) is 44.8 Å². The van der Waals surface area contributed by atoms with Gasteiger partial charge in [-0.25, -0.2) is 0 Å². The lowest BCUT2D eigenvalue weighted by atomic mass is 9.49. The summed E-state index contributed by atoms with van der Waals surface area (Å²) in [4.78, 5) is 70.1. The SMILES string of the molecule is COCCN(CC1CCN(c2ccc(C(=O)NC3C(C)(C)C(Oc4cc(C)c(C#N)c(C)c4)C3(C)C)cc2)CC1)C1CC(Oc2ccc3c(c2)C(=O)N(C2CCC(=O)NC2=O)C3=O)C1. The Kier molecular flexibility index (Phi) is 12.4. The number of carbonyl (C=O) groups is 5. The van der Waals surface area contributed by atoms with Gasteiger partial charge in [-0.3, -0.25) is 39.1 Å². The molecule has 14 nitrogen and oxygen atoms in total. The van der Waals surface area contributed by atoms with Crippen LogP contribution in [0.2, 0.25) is 0 Å². The van der Waals surface area contributed by atoms with Crippen molar-refractivity contribution in [2.24, 2.45) is 16.7 Å². The molecule has 14 heteroatoms. The van der Waals surface area contributed by atoms with Gasteiger partial charge in [-0.1, -0.05) is 27.7 Å². The Balaban J connectivity index is 0.803. The van der Waals surface area contributed by atoms with E-state index in [2.05, 4.69) is 66.3 Å². The van der Waals surface area contributed by atoms with Crippen LogP contribution in [0.5, 0.6) is 11.5 Å². The van der Waals surface area contributed by atoms with Gasteiger partial charge in [0.05, 0.1) is 29.4 Å². The first-order chi connectivity index (χ1) is 30.5. The van der Waals surface area contributed by atoms with Crippen LogP contribution in [-0.2, 0) is 14.3 Å². The molecule has 3 aromatic carbocycles. The number of nitrogens with zero attached hydrogens (tertiary/aromatic N) is 4. The molecule has 64 heavy (non-hydrogen) atoms. The largest absolute Gasteiger partial charge is 0.490 e. The highest BCUT2D eigenvalue weighted by Gasteiger charge is 2.64. The van der Waals surface area contributed by atoms with Crippen molar-refractivity contribution in [3.05, 3.63) is 88.0 Å². The first-order valence-corrected chi connectivity index (χ1v) is 22.6. The van der Waals surface area contributed by atoms with Crippen molar-refractivity contribution < 1.29 is 38.2 Å². The molecule has 3 heterocycles. The molecule has 8 rings (SSSR count). The standard InChI is InChI=1S/C50H60N6O8/c1-29-22-36(23-30(2)40(29)27-51)64-48-49(3,4)47(50(48,5)6)53-43(58)32-8-10-33(11-9-32)54-18-16-31(17-19-54)28-55(20-21-62-7)34-24-37(25-34)63-35-12-13-38-39(26-35)46(61)56(45(38)60)41-14-15-42(57)52-44(41)59/h8-13,22-23,26,31,34,37,41,47-48H,14-21,24-25,28H2,1-7H3,(H,53,58)(H,52,57,59). The van der Waals surface area contributed by atoms with E-state index in [9.17, 15) is 29.2 Å². The Hall–Kier alpha value is -5.78. The third-order valence-corrected chi connectivity index (χ3v) is 14.5. The molecule has 0 radical (unpaired) electrons. The molecule has 0 bridgehead atoms. The average molecular weight is 873 g/mol. The molecule has 2 aliphatic carbocycles. The maximum Gasteiger partial charge on any atom is 0.262 e. The highest BCUT2D eigenvalue weighted by atomic mass is 16.5. The molecule has 4 fully saturated rings. The maximum absolute atomic E-state index is 13.6. The van der Waals surface area contributed by atoms with Crippen LogP contribution in [0.3, 0.4) is 0 Å². The fourth-order valence-corrected chi connectivity index (χ4v) is 11.1. The summed E-state index contributed by atoms with van der Waals surface area (Å²) in [7, 11) is 1.72. The van der Waals surface area contributed by atoms with Crippen LogP contribution in [0.15, 0.2) is 54.6 Å². The number of carbonyl (C=O) groups excluding carboxylic acids is 5. The van der Waals surface area contributed by atoms with Gasteiger partial charge in [0.2, 0.25) is 11.8 Å². The number of nitriles is 1. The summed E-state index contributed by atoms with van der Waals surface area (Å²) in [6, 6.07) is 18.2. The van der Waals surface area contributed by atoms with Crippen molar-refractivity contribution in [3.63, 3.8) is 0 Å². The Morgan fingerprint density at radius 1 is 0.875 bits per heavy atom. The molecule has 2 saturated carbocycles. The summed E-state index contributed by atoms with van der Waals surface area (Å²) in [6.07, 6.45) is 3.76. The molecule has 5 aliphatic rings. The van der Waals surface area contributed by atoms with Gasteiger partial charge in [-0.15, -0.1) is 0 Å². The summed E-state index contributed by atoms with van der Waals surface area (Å²) < 4.78 is 18.4. The highest BCUT2D eigenvalue weighted by molar-refractivity contribution is 6.23. The summed E-state index contributed by atoms with van der Waals surface area (Å²) in [5.74, 6) is -0.446. The van der Waals surface area contributed by atoms with Crippen LogP contribution in [0.25, 0.3) is 0 Å². The lowest BCUT2D eigenvalue weighted by Gasteiger charge is -2.63. The van der Waals surface area contributed by atoms with Crippen molar-refractivity contribution in [2.45, 2.75) is 110 Å². The van der Waals surface area contributed by atoms with Gasteiger partial charge in [0.25, 0.3) is 17.7 Å². The minimum absolute atomic E-state index is 0.0371. The molecule has 5 amide bonds. The van der Waals surface area contributed by atoms with E-state index in [1.54, 1.807) is 25.3 Å². The molecule has 1 atom stereocenters. The molecule has 0 spiro atoms. The predicted octanol–water partition coefficient (Wildman–Crippen LogP) is 5.96. The minimum Gasteiger partial charge on any atom is -0.490 e. The molecular weight excluding hydrogens is 813 g/mol. The number of nitrogens with one attached hydrogen (secondary N) is 2. The Morgan fingerprint density at radius 2 is 1.53 bits per heavy atom. The van der Waals surface area contributed by atoms with Gasteiger partial charge in [-0.05, 0) is 105 Å². The monoisotopic (exact) mass is 872 g/mol. The van der Waals surface area contributed by atoms with Crippen LogP contribution in [0, 0.1) is 41.9 Å². The topological polar surface area (TPSA) is 171 Å². The van der Waals surface area contributed by atoms with Gasteiger partial charge < -0.3 is 24.4 Å². The summed E-state index contributed by atoms with van der Waals surface area (Å²) in [6.45, 7) is 16.7. The third kappa shape index (κ3) is 8.48. The molecule has 2 N–H and O–H groups in total. The van der Waals surface area contributed by atoms with E-state index in [-0.39, 0.29) is 59.0 Å². The predicted molar refractivity (Wildman–Crippen MR) is 239 cm³/mol. The van der Waals surface area contributed by atoms with E-state index in [0.29, 0.717) is 35.4 Å². The van der Waals surface area contributed by atoms with E-state index in [0.717, 1.165) is 79.3 Å². The Labute approximate surface area is 375 Å². The number of rotatable bonds is 14. The van der Waals surface area contributed by atoms with E-state index >= 15 is 0 Å². The fraction of sp³-hybridized carbons (Fsp3) is 0.520. The van der Waals surface area contributed by atoms with E-state index in [4.69, 9.17) is 14.2 Å². The molecule has 3 aliphatic heterocycles. The van der Waals surface area contributed by atoms with Crippen LogP contribution in [0.1, 0.15) is 114 Å². The van der Waals surface area contributed by atoms with E-state index < -0.39 is 29.7 Å². The second kappa shape index (κ2) is 17.7. The summed E-state index contributed by atoms with van der Waals surface area (Å²) >= 11 is 0. The van der Waals surface area contributed by atoms with Crippen LogP contribution >= 0.6 is 0 Å². The number of hydrogen-bond donors (Lipinski definition) is 2. The molecule has 338 valence electrons. The van der Waals surface area contributed by atoms with Gasteiger partial charge in [0.1, 0.15) is 29.7 Å². The van der Waals surface area contributed by atoms with Crippen molar-refractivity contribution >= 4 is 35.2 Å². The van der Waals surface area contributed by atoms with Crippen LogP contribution in [0.4, 0.5) is 5.69 Å². The molecule has 0 aromatic heterocycles. The summed E-state index contributed by atoms with van der Waals surface area (Å²) in [5, 5.41) is 15.1. The molecule has 2 saturated heterocycles. The number of hydrogen-bond acceptors (Lipinski definition) is 11. The number of amides is 5. The quantitative estimate of drug-likeness (QED) is 0.183. The number of ether oxygens (including phenoxy) is 3. The van der Waals surface area contributed by atoms with Crippen LogP contribution < -0.4 is 25.0 Å². The highest BCUT2D eigenvalue weighted by Crippen LogP contribution is 2.55. The number of imide groups is 2. The van der Waals surface area contributed by atoms with E-state index in [1.807, 2.05) is 38.1 Å². The number of benzene rings is 3. The zero-order chi connectivity index (χ0) is 45.7. The Bertz CT molecular complexity index is 2340.